The summed E-state index contributed by atoms with van der Waals surface area (Å²) in [5, 5.41) is 0. The van der Waals surface area contributed by atoms with Crippen LogP contribution in [0.15, 0.2) is 0 Å². The third-order valence-corrected chi connectivity index (χ3v) is 42.5. The van der Waals surface area contributed by atoms with Gasteiger partial charge in [-0.1, -0.05) is 26.2 Å². The Kier molecular flexibility index (Phi) is 4.03. The van der Waals surface area contributed by atoms with Crippen LogP contribution in [0, 0.1) is 0 Å². The smallest absolute Gasteiger partial charge is 0.130 e. The summed E-state index contributed by atoms with van der Waals surface area (Å²) >= 11 is 17.9. The zero-order valence-electron chi connectivity index (χ0n) is 6.63. The Hall–Kier alpha value is 1.52. The van der Waals surface area contributed by atoms with Crippen LogP contribution in [0.4, 0.5) is 0 Å². The van der Waals surface area contributed by atoms with E-state index in [0.29, 0.717) is 0 Å². The fraction of sp³-hybridized carbons (Fsp3) is 1.00. The lowest BCUT2D eigenvalue weighted by atomic mass is 11.9. The second kappa shape index (κ2) is 3.49. The van der Waals surface area contributed by atoms with E-state index in [2.05, 4.69) is 26.2 Å². The molecule has 0 aliphatic rings. The van der Waals surface area contributed by atoms with E-state index in [1.807, 2.05) is 0 Å². The quantitative estimate of drug-likeness (QED) is 0.521. The molecule has 0 aliphatic heterocycles. The summed E-state index contributed by atoms with van der Waals surface area (Å²) in [6, 6.07) is 0. The van der Waals surface area contributed by atoms with Crippen LogP contribution >= 0.6 is 33.2 Å². The lowest BCUT2D eigenvalue weighted by molar-refractivity contribution is 1.94. The van der Waals surface area contributed by atoms with Crippen molar-refractivity contribution in [3.63, 3.8) is 0 Å². The van der Waals surface area contributed by atoms with Gasteiger partial charge in [-0.25, -0.2) is 0 Å². The Labute approximate surface area is 80.2 Å². The van der Waals surface area contributed by atoms with E-state index >= 15 is 0 Å². The molecule has 0 aromatic rings. The predicted molar refractivity (Wildman–Crippen MR) is 58.3 cm³/mol. The molecule has 0 heterocycles. The predicted octanol–water partition coefficient (Wildman–Crippen LogP) is 3.26. The number of halogens is 3. The van der Waals surface area contributed by atoms with Crippen molar-refractivity contribution in [2.24, 2.45) is 0 Å². The molecule has 0 N–H and O–H groups in total. The highest BCUT2D eigenvalue weighted by Gasteiger charge is 2.48. The van der Waals surface area contributed by atoms with Crippen LogP contribution in [0.3, 0.4) is 0 Å². The topological polar surface area (TPSA) is 0 Å². The molecule has 0 bridgehead atoms. The maximum absolute atomic E-state index is 5.98. The van der Waals surface area contributed by atoms with Crippen LogP contribution in [-0.4, -0.2) is 20.9 Å². The minimum Gasteiger partial charge on any atom is -0.130 e. The highest BCUT2D eigenvalue weighted by molar-refractivity contribution is 7.96. The molecule has 0 unspecified atom stereocenters. The SMILES string of the molecule is C[Si](C)[Si](C)(C)[Si](Cl)(Cl)Cl. The zero-order chi connectivity index (χ0) is 8.58. The molecule has 10 heavy (non-hydrogen) atoms. The fourth-order valence-corrected chi connectivity index (χ4v) is 23.0. The summed E-state index contributed by atoms with van der Waals surface area (Å²) in [6.45, 7) is 8.87. The van der Waals surface area contributed by atoms with Crippen molar-refractivity contribution >= 4 is 54.2 Å². The highest BCUT2D eigenvalue weighted by Crippen LogP contribution is 2.32. The molecule has 0 spiro atoms. The second-order valence-electron chi connectivity index (χ2n) is 3.12. The van der Waals surface area contributed by atoms with Gasteiger partial charge in [0.2, 0.25) is 0 Å². The minimum atomic E-state index is -2.35. The Morgan fingerprint density at radius 3 is 1.30 bits per heavy atom. The molecule has 0 atom stereocenters. The summed E-state index contributed by atoms with van der Waals surface area (Å²) in [5.74, 6) is 0. The van der Waals surface area contributed by atoms with E-state index in [4.69, 9.17) is 33.2 Å². The van der Waals surface area contributed by atoms with Gasteiger partial charge in [0.25, 0.3) is 0 Å². The molecule has 0 saturated carbocycles. The fourth-order valence-electron chi connectivity index (χ4n) is 0.283. The maximum Gasteiger partial charge on any atom is 0.321 e. The van der Waals surface area contributed by atoms with E-state index in [0.717, 1.165) is 0 Å². The van der Waals surface area contributed by atoms with Gasteiger partial charge >= 0.3 is 5.52 Å². The van der Waals surface area contributed by atoms with Gasteiger partial charge in [0.05, 0.1) is 7.11 Å². The molecule has 0 amide bonds. The zero-order valence-corrected chi connectivity index (χ0v) is 11.9. The first-order chi connectivity index (χ1) is 4.19. The standard InChI is InChI=1S/C4H12Cl3Si3/c1-8(2)9(3,4)10(5,6)7/h1-4H3. The van der Waals surface area contributed by atoms with Crippen molar-refractivity contribution in [3.8, 4) is 0 Å². The molecule has 0 aliphatic carbocycles. The van der Waals surface area contributed by atoms with E-state index in [9.17, 15) is 0 Å². The third kappa shape index (κ3) is 2.53. The van der Waals surface area contributed by atoms with E-state index in [1.54, 1.807) is 0 Å². The summed E-state index contributed by atoms with van der Waals surface area (Å²) in [4.78, 5) is 0. The van der Waals surface area contributed by atoms with E-state index in [-0.39, 0.29) is 8.31 Å². The Balaban J connectivity index is 4.40. The average molecular weight is 251 g/mol. The first-order valence-electron chi connectivity index (χ1n) is 3.07. The van der Waals surface area contributed by atoms with Gasteiger partial charge in [-0.2, -0.15) is 0 Å². The van der Waals surface area contributed by atoms with Gasteiger partial charge in [-0.05, 0) is 0 Å². The molecule has 0 aromatic carbocycles. The summed E-state index contributed by atoms with van der Waals surface area (Å²) < 4.78 is 0. The van der Waals surface area contributed by atoms with Crippen LogP contribution in [0.25, 0.3) is 0 Å². The molecule has 1 radical (unpaired) electrons. The van der Waals surface area contributed by atoms with Gasteiger partial charge in [0, 0.05) is 8.31 Å². The molecule has 6 heteroatoms. The monoisotopic (exact) mass is 249 g/mol. The van der Waals surface area contributed by atoms with Gasteiger partial charge < -0.3 is 0 Å². The first kappa shape index (κ1) is 11.5. The molecular formula is C4H12Cl3Si3. The van der Waals surface area contributed by atoms with Crippen LogP contribution in [-0.2, 0) is 0 Å². The van der Waals surface area contributed by atoms with Crippen LogP contribution < -0.4 is 0 Å². The van der Waals surface area contributed by atoms with Gasteiger partial charge in [-0.3, -0.25) is 0 Å². The maximum atomic E-state index is 5.98. The minimum absolute atomic E-state index is 0.363. The lowest BCUT2D eigenvalue weighted by Crippen LogP contribution is -2.57. The second-order valence-corrected chi connectivity index (χ2v) is 33.3. The number of hydrogen-bond acceptors (Lipinski definition) is 0. The molecule has 0 saturated heterocycles. The molecular weight excluding hydrogens is 239 g/mol. The molecule has 0 fully saturated rings. The van der Waals surface area contributed by atoms with Crippen LogP contribution in [0.1, 0.15) is 0 Å². The summed E-state index contributed by atoms with van der Waals surface area (Å²) in [7, 11) is -1.81. The molecule has 0 rings (SSSR count). The van der Waals surface area contributed by atoms with Crippen molar-refractivity contribution < 1.29 is 0 Å². The summed E-state index contributed by atoms with van der Waals surface area (Å²) in [5.41, 5.74) is -2.35. The average Bonchev–Trinajstić information content (AvgIpc) is 1.62. The largest absolute Gasteiger partial charge is 0.321 e. The van der Waals surface area contributed by atoms with Crippen molar-refractivity contribution in [1.82, 2.24) is 0 Å². The summed E-state index contributed by atoms with van der Waals surface area (Å²) in [6.07, 6.45) is 0. The number of hydrogen-bond donors (Lipinski definition) is 0. The van der Waals surface area contributed by atoms with E-state index in [1.165, 1.54) is 0 Å². The van der Waals surface area contributed by atoms with Gasteiger partial charge in [0.15, 0.2) is 0 Å². The Morgan fingerprint density at radius 2 is 1.30 bits per heavy atom. The van der Waals surface area contributed by atoms with Crippen LogP contribution in [0.2, 0.25) is 26.2 Å². The van der Waals surface area contributed by atoms with E-state index < -0.39 is 12.6 Å². The van der Waals surface area contributed by atoms with Crippen molar-refractivity contribution in [2.75, 3.05) is 0 Å². The Morgan fingerprint density at radius 1 is 1.00 bits per heavy atom. The Bertz CT molecular complexity index is 117. The van der Waals surface area contributed by atoms with Gasteiger partial charge in [0.1, 0.15) is 0 Å². The lowest BCUT2D eigenvalue weighted by Gasteiger charge is -2.30. The normalized spacial score (nSPS) is 14.4. The van der Waals surface area contributed by atoms with Crippen molar-refractivity contribution in [2.45, 2.75) is 26.2 Å². The molecule has 61 valence electrons. The molecule has 0 aromatic heterocycles. The van der Waals surface area contributed by atoms with Crippen molar-refractivity contribution in [1.29, 1.82) is 0 Å². The first-order valence-corrected chi connectivity index (χ1v) is 15.6. The highest BCUT2D eigenvalue weighted by atomic mass is 35.8. The third-order valence-electron chi connectivity index (χ3n) is 1.96. The number of rotatable bonds is 2. The van der Waals surface area contributed by atoms with Crippen molar-refractivity contribution in [3.05, 3.63) is 0 Å². The molecule has 0 nitrogen and oxygen atoms in total. The van der Waals surface area contributed by atoms with Gasteiger partial charge in [-0.15, -0.1) is 33.2 Å². The van der Waals surface area contributed by atoms with Crippen LogP contribution in [0.5, 0.6) is 0 Å².